The van der Waals surface area contributed by atoms with E-state index in [1.807, 2.05) is 47.0 Å². The number of aromatic nitrogens is 2. The summed E-state index contributed by atoms with van der Waals surface area (Å²) < 4.78 is 1.87. The van der Waals surface area contributed by atoms with Gasteiger partial charge in [0.05, 0.1) is 21.6 Å². The molecule has 0 atom stereocenters. The standard InChI is InChI=1S/C17H11N3O2/c21-20(22)14-6-3-5-13(10-14)19-11-18-17-15-7-2-1-4-12(15)8-9-16(17)19/h1-11H. The van der Waals surface area contributed by atoms with Crippen molar-refractivity contribution in [3.63, 3.8) is 0 Å². The average Bonchev–Trinajstić information content (AvgIpc) is 2.99. The molecule has 0 saturated carbocycles. The second-order valence-electron chi connectivity index (χ2n) is 5.05. The van der Waals surface area contributed by atoms with Crippen LogP contribution in [0.4, 0.5) is 5.69 Å². The Hall–Kier alpha value is -3.21. The Labute approximate surface area is 125 Å². The van der Waals surface area contributed by atoms with E-state index in [0.29, 0.717) is 0 Å². The summed E-state index contributed by atoms with van der Waals surface area (Å²) in [7, 11) is 0. The van der Waals surface area contributed by atoms with E-state index in [1.54, 1.807) is 18.5 Å². The fourth-order valence-electron chi connectivity index (χ4n) is 2.71. The summed E-state index contributed by atoms with van der Waals surface area (Å²) in [6.07, 6.45) is 1.70. The molecule has 0 spiro atoms. The number of nitro groups is 1. The summed E-state index contributed by atoms with van der Waals surface area (Å²) in [5, 5.41) is 13.1. The molecule has 1 aromatic heterocycles. The number of non-ortho nitro benzene ring substituents is 1. The predicted molar refractivity (Wildman–Crippen MR) is 85.2 cm³/mol. The maximum atomic E-state index is 10.9. The van der Waals surface area contributed by atoms with E-state index in [1.165, 1.54) is 6.07 Å². The zero-order valence-corrected chi connectivity index (χ0v) is 11.5. The van der Waals surface area contributed by atoms with Crippen molar-refractivity contribution < 1.29 is 4.92 Å². The lowest BCUT2D eigenvalue weighted by Gasteiger charge is -2.05. The monoisotopic (exact) mass is 289 g/mol. The fourth-order valence-corrected chi connectivity index (χ4v) is 2.71. The fraction of sp³-hybridized carbons (Fsp3) is 0. The smallest absolute Gasteiger partial charge is 0.271 e. The molecule has 0 bridgehead atoms. The number of nitro benzene ring substituents is 1. The third-order valence-corrected chi connectivity index (χ3v) is 3.76. The van der Waals surface area contributed by atoms with Crippen molar-refractivity contribution in [3.8, 4) is 5.69 Å². The molecule has 1 heterocycles. The second kappa shape index (κ2) is 4.66. The number of hydrogen-bond donors (Lipinski definition) is 0. The molecule has 0 amide bonds. The van der Waals surface area contributed by atoms with Crippen molar-refractivity contribution in [2.45, 2.75) is 0 Å². The number of fused-ring (bicyclic) bond motifs is 3. The summed E-state index contributed by atoms with van der Waals surface area (Å²) in [6, 6.07) is 18.6. The van der Waals surface area contributed by atoms with Gasteiger partial charge in [0.15, 0.2) is 0 Å². The summed E-state index contributed by atoms with van der Waals surface area (Å²) in [5.41, 5.74) is 2.62. The first-order valence-electron chi connectivity index (χ1n) is 6.84. The highest BCUT2D eigenvalue weighted by molar-refractivity contribution is 6.04. The number of benzene rings is 3. The van der Waals surface area contributed by atoms with Crippen LogP contribution in [0.25, 0.3) is 27.5 Å². The molecule has 0 aliphatic heterocycles. The molecule has 5 heteroatoms. The molecule has 0 unspecified atom stereocenters. The van der Waals surface area contributed by atoms with Gasteiger partial charge in [-0.15, -0.1) is 0 Å². The number of imidazole rings is 1. The van der Waals surface area contributed by atoms with Crippen molar-refractivity contribution in [1.82, 2.24) is 9.55 Å². The van der Waals surface area contributed by atoms with Crippen LogP contribution in [0, 0.1) is 10.1 Å². The number of nitrogens with zero attached hydrogens (tertiary/aromatic N) is 3. The molecule has 22 heavy (non-hydrogen) atoms. The highest BCUT2D eigenvalue weighted by atomic mass is 16.6. The van der Waals surface area contributed by atoms with Crippen LogP contribution in [0.1, 0.15) is 0 Å². The summed E-state index contributed by atoms with van der Waals surface area (Å²) in [5.74, 6) is 0. The van der Waals surface area contributed by atoms with Crippen LogP contribution in [-0.2, 0) is 0 Å². The van der Waals surface area contributed by atoms with E-state index in [2.05, 4.69) is 4.98 Å². The average molecular weight is 289 g/mol. The van der Waals surface area contributed by atoms with Crippen molar-refractivity contribution >= 4 is 27.5 Å². The van der Waals surface area contributed by atoms with Gasteiger partial charge < -0.3 is 0 Å². The van der Waals surface area contributed by atoms with E-state index >= 15 is 0 Å². The van der Waals surface area contributed by atoms with Crippen molar-refractivity contribution in [2.75, 3.05) is 0 Å². The summed E-state index contributed by atoms with van der Waals surface area (Å²) in [4.78, 5) is 15.0. The molecule has 0 N–H and O–H groups in total. The highest BCUT2D eigenvalue weighted by Gasteiger charge is 2.11. The Kier molecular flexibility index (Phi) is 2.66. The zero-order valence-electron chi connectivity index (χ0n) is 11.5. The molecule has 5 nitrogen and oxygen atoms in total. The van der Waals surface area contributed by atoms with Gasteiger partial charge in [-0.3, -0.25) is 14.7 Å². The van der Waals surface area contributed by atoms with Crippen LogP contribution in [0.5, 0.6) is 0 Å². The summed E-state index contributed by atoms with van der Waals surface area (Å²) in [6.45, 7) is 0. The SMILES string of the molecule is O=[N+]([O-])c1cccc(-n2cnc3c4ccccc4ccc32)c1. The van der Waals surface area contributed by atoms with Crippen LogP contribution in [0.2, 0.25) is 0 Å². The Balaban J connectivity index is 1.98. The van der Waals surface area contributed by atoms with E-state index < -0.39 is 4.92 Å². The van der Waals surface area contributed by atoms with Gasteiger partial charge in [-0.2, -0.15) is 0 Å². The highest BCUT2D eigenvalue weighted by Crippen LogP contribution is 2.27. The van der Waals surface area contributed by atoms with Crippen LogP contribution < -0.4 is 0 Å². The predicted octanol–water partition coefficient (Wildman–Crippen LogP) is 4.09. The minimum absolute atomic E-state index is 0.0696. The van der Waals surface area contributed by atoms with Gasteiger partial charge in [-0.25, -0.2) is 4.98 Å². The van der Waals surface area contributed by atoms with E-state index in [4.69, 9.17) is 0 Å². The minimum atomic E-state index is -0.391. The van der Waals surface area contributed by atoms with Gasteiger partial charge in [0.25, 0.3) is 5.69 Å². The quantitative estimate of drug-likeness (QED) is 0.412. The van der Waals surface area contributed by atoms with E-state index in [0.717, 1.165) is 27.5 Å². The third kappa shape index (κ3) is 1.83. The Morgan fingerprint density at radius 2 is 1.86 bits per heavy atom. The van der Waals surface area contributed by atoms with Crippen LogP contribution >= 0.6 is 0 Å². The molecule has 0 fully saturated rings. The van der Waals surface area contributed by atoms with Gasteiger partial charge in [0.1, 0.15) is 6.33 Å². The molecule has 3 aromatic carbocycles. The first-order valence-corrected chi connectivity index (χ1v) is 6.84. The first kappa shape index (κ1) is 12.5. The lowest BCUT2D eigenvalue weighted by atomic mass is 10.1. The second-order valence-corrected chi connectivity index (χ2v) is 5.05. The van der Waals surface area contributed by atoms with Crippen molar-refractivity contribution in [1.29, 1.82) is 0 Å². The van der Waals surface area contributed by atoms with Crippen LogP contribution in [-0.4, -0.2) is 14.5 Å². The largest absolute Gasteiger partial charge is 0.299 e. The number of hydrogen-bond acceptors (Lipinski definition) is 3. The molecular weight excluding hydrogens is 278 g/mol. The maximum absolute atomic E-state index is 10.9. The molecule has 4 aromatic rings. The minimum Gasteiger partial charge on any atom is -0.299 e. The molecular formula is C17H11N3O2. The van der Waals surface area contributed by atoms with Crippen molar-refractivity contribution in [3.05, 3.63) is 77.1 Å². The van der Waals surface area contributed by atoms with Gasteiger partial charge >= 0.3 is 0 Å². The van der Waals surface area contributed by atoms with Crippen LogP contribution in [0.3, 0.4) is 0 Å². The molecule has 0 aliphatic rings. The van der Waals surface area contributed by atoms with E-state index in [9.17, 15) is 10.1 Å². The van der Waals surface area contributed by atoms with Gasteiger partial charge in [-0.05, 0) is 17.5 Å². The summed E-state index contributed by atoms with van der Waals surface area (Å²) >= 11 is 0. The van der Waals surface area contributed by atoms with Gasteiger partial charge in [0, 0.05) is 17.5 Å². The zero-order chi connectivity index (χ0) is 15.1. The molecule has 0 aliphatic carbocycles. The van der Waals surface area contributed by atoms with Crippen LogP contribution in [0.15, 0.2) is 67.0 Å². The Bertz CT molecular complexity index is 1020. The molecule has 4 rings (SSSR count). The molecule has 0 radical (unpaired) electrons. The lowest BCUT2D eigenvalue weighted by Crippen LogP contribution is -1.94. The molecule has 106 valence electrons. The third-order valence-electron chi connectivity index (χ3n) is 3.76. The van der Waals surface area contributed by atoms with E-state index in [-0.39, 0.29) is 5.69 Å². The Morgan fingerprint density at radius 3 is 2.73 bits per heavy atom. The number of rotatable bonds is 2. The van der Waals surface area contributed by atoms with Gasteiger partial charge in [-0.1, -0.05) is 36.4 Å². The van der Waals surface area contributed by atoms with Gasteiger partial charge in [0.2, 0.25) is 0 Å². The first-order chi connectivity index (χ1) is 10.7. The maximum Gasteiger partial charge on any atom is 0.271 e. The van der Waals surface area contributed by atoms with Crippen molar-refractivity contribution in [2.24, 2.45) is 0 Å². The normalized spacial score (nSPS) is 11.1. The topological polar surface area (TPSA) is 61.0 Å². The lowest BCUT2D eigenvalue weighted by molar-refractivity contribution is -0.384. The Morgan fingerprint density at radius 1 is 1.00 bits per heavy atom. The molecule has 0 saturated heterocycles.